The lowest BCUT2D eigenvalue weighted by Gasteiger charge is -2.25. The Bertz CT molecular complexity index is 1150. The molecule has 1 fully saturated rings. The van der Waals surface area contributed by atoms with E-state index in [0.717, 1.165) is 37.7 Å². The molecule has 1 unspecified atom stereocenters. The number of amides is 1. The number of ketones is 1. The maximum Gasteiger partial charge on any atom is 0.261 e. The van der Waals surface area contributed by atoms with Crippen LogP contribution >= 0.6 is 0 Å². The van der Waals surface area contributed by atoms with Crippen LogP contribution in [0.4, 0.5) is 11.4 Å². The van der Waals surface area contributed by atoms with Gasteiger partial charge in [0, 0.05) is 30.6 Å². The third-order valence-corrected chi connectivity index (χ3v) is 7.37. The van der Waals surface area contributed by atoms with Gasteiger partial charge in [-0.3, -0.25) is 19.3 Å². The summed E-state index contributed by atoms with van der Waals surface area (Å²) in [4.78, 5) is 32.1. The van der Waals surface area contributed by atoms with Crippen LogP contribution in [0, 0.1) is 5.92 Å². The summed E-state index contributed by atoms with van der Waals surface area (Å²) in [6.45, 7) is 3.30. The van der Waals surface area contributed by atoms with Gasteiger partial charge in [-0.2, -0.15) is 0 Å². The predicted octanol–water partition coefficient (Wildman–Crippen LogP) is 3.97. The van der Waals surface area contributed by atoms with Gasteiger partial charge in [-0.15, -0.1) is 0 Å². The second-order valence-electron chi connectivity index (χ2n) is 8.19. The minimum atomic E-state index is -3.90. The Hall–Kier alpha value is -3.00. The van der Waals surface area contributed by atoms with Crippen molar-refractivity contribution >= 4 is 39.3 Å². The van der Waals surface area contributed by atoms with E-state index in [-0.39, 0.29) is 16.4 Å². The molecule has 1 saturated heterocycles. The highest BCUT2D eigenvalue weighted by Crippen LogP contribution is 2.30. The number of nitrogens with one attached hydrogen (secondary N) is 1. The molecule has 0 radical (unpaired) electrons. The van der Waals surface area contributed by atoms with Crippen LogP contribution in [-0.2, 0) is 21.2 Å². The van der Waals surface area contributed by atoms with Crippen LogP contribution in [0.1, 0.15) is 48.5 Å². The molecule has 8 heteroatoms. The number of aryl methyl sites for hydroxylation is 1. The van der Waals surface area contributed by atoms with Crippen molar-refractivity contribution in [3.8, 4) is 0 Å². The number of sulfonamides is 1. The number of rotatable bonds is 5. The van der Waals surface area contributed by atoms with Gasteiger partial charge < -0.3 is 4.90 Å². The van der Waals surface area contributed by atoms with Gasteiger partial charge in [0.15, 0.2) is 5.78 Å². The first-order valence-corrected chi connectivity index (χ1v) is 12.5. The van der Waals surface area contributed by atoms with Crippen LogP contribution in [0.3, 0.4) is 0 Å². The fourth-order valence-electron chi connectivity index (χ4n) is 4.07. The van der Waals surface area contributed by atoms with E-state index in [1.165, 1.54) is 24.4 Å². The third-order valence-electron chi connectivity index (χ3n) is 5.99. The van der Waals surface area contributed by atoms with Crippen LogP contribution in [0.5, 0.6) is 0 Å². The number of Topliss-reactive ketones (excluding diaryl/α,β-unsaturated/α-hetero) is 1. The highest BCUT2D eigenvalue weighted by Gasteiger charge is 2.34. The first-order chi connectivity index (χ1) is 15.4. The summed E-state index contributed by atoms with van der Waals surface area (Å²) in [5.41, 5.74) is 2.08. The van der Waals surface area contributed by atoms with Crippen molar-refractivity contribution in [2.45, 2.75) is 43.9 Å². The molecule has 2 aromatic carbocycles. The fourth-order valence-corrected chi connectivity index (χ4v) is 5.15. The molecule has 1 N–H and O–H groups in total. The molecule has 0 aromatic heterocycles. The monoisotopic (exact) mass is 453 g/mol. The summed E-state index contributed by atoms with van der Waals surface area (Å²) in [5, 5.41) is 0. The van der Waals surface area contributed by atoms with Gasteiger partial charge in [-0.25, -0.2) is 8.42 Å². The maximum atomic E-state index is 13.1. The van der Waals surface area contributed by atoms with Gasteiger partial charge in [0.2, 0.25) is 5.91 Å². The molecule has 2 aromatic rings. The zero-order valence-corrected chi connectivity index (χ0v) is 18.9. The molecule has 1 amide bonds. The summed E-state index contributed by atoms with van der Waals surface area (Å²) < 4.78 is 28.4. The number of hydrogen-bond acceptors (Lipinski definition) is 5. The largest absolute Gasteiger partial charge is 0.342 e. The standard InChI is InChI=1S/C24H27N3O4S/c1-2-17-7-9-18(10-8-17)26-32(30,31)19-11-12-22-20(15-19)23(28)21(16-25-22)24(29)27-13-5-3-4-6-14-27/h7-12,15-16,21,26H,2-6,13-14H2,1H3. The minimum Gasteiger partial charge on any atom is -0.342 e. The van der Waals surface area contributed by atoms with Crippen molar-refractivity contribution in [2.24, 2.45) is 10.9 Å². The zero-order chi connectivity index (χ0) is 22.7. The summed E-state index contributed by atoms with van der Waals surface area (Å²) >= 11 is 0. The van der Waals surface area contributed by atoms with Crippen LogP contribution < -0.4 is 4.72 Å². The molecular formula is C24H27N3O4S. The van der Waals surface area contributed by atoms with Crippen molar-refractivity contribution in [2.75, 3.05) is 17.8 Å². The summed E-state index contributed by atoms with van der Waals surface area (Å²) in [5.74, 6) is -1.67. The van der Waals surface area contributed by atoms with Crippen molar-refractivity contribution in [1.82, 2.24) is 4.90 Å². The SMILES string of the molecule is CCc1ccc(NS(=O)(=O)c2ccc3c(c2)C(=O)C(C(=O)N2CCCCCC2)C=N3)cc1. The quantitative estimate of drug-likeness (QED) is 0.693. The van der Waals surface area contributed by atoms with Gasteiger partial charge in [-0.1, -0.05) is 31.9 Å². The molecular weight excluding hydrogens is 426 g/mol. The number of carbonyl (C=O) groups is 2. The van der Waals surface area contributed by atoms with Crippen molar-refractivity contribution < 1.29 is 18.0 Å². The summed E-state index contributed by atoms with van der Waals surface area (Å²) in [6.07, 6.45) is 6.25. The van der Waals surface area contributed by atoms with Gasteiger partial charge in [0.25, 0.3) is 10.0 Å². The van der Waals surface area contributed by atoms with E-state index >= 15 is 0 Å². The van der Waals surface area contributed by atoms with Crippen LogP contribution in [0.25, 0.3) is 0 Å². The number of nitrogens with zero attached hydrogens (tertiary/aromatic N) is 2. The minimum absolute atomic E-state index is 0.0396. The lowest BCUT2D eigenvalue weighted by Crippen LogP contribution is -2.41. The molecule has 1 atom stereocenters. The number of aliphatic imine (C=N–C) groups is 1. The Morgan fingerprint density at radius 2 is 1.75 bits per heavy atom. The molecule has 7 nitrogen and oxygen atoms in total. The predicted molar refractivity (Wildman–Crippen MR) is 124 cm³/mol. The Morgan fingerprint density at radius 3 is 2.41 bits per heavy atom. The van der Waals surface area contributed by atoms with E-state index in [0.29, 0.717) is 24.5 Å². The first-order valence-electron chi connectivity index (χ1n) is 11.0. The highest BCUT2D eigenvalue weighted by molar-refractivity contribution is 7.92. The molecule has 2 heterocycles. The normalized spacial score (nSPS) is 18.7. The smallest absolute Gasteiger partial charge is 0.261 e. The Kier molecular flexibility index (Phi) is 6.41. The molecule has 168 valence electrons. The average molecular weight is 454 g/mol. The van der Waals surface area contributed by atoms with E-state index in [1.807, 2.05) is 19.1 Å². The second-order valence-corrected chi connectivity index (χ2v) is 9.88. The topological polar surface area (TPSA) is 95.9 Å². The van der Waals surface area contributed by atoms with E-state index in [4.69, 9.17) is 0 Å². The van der Waals surface area contributed by atoms with Crippen molar-refractivity contribution in [3.63, 3.8) is 0 Å². The molecule has 2 aliphatic rings. The Morgan fingerprint density at radius 1 is 1.06 bits per heavy atom. The third kappa shape index (κ3) is 4.60. The second kappa shape index (κ2) is 9.24. The Balaban J connectivity index is 1.57. The maximum absolute atomic E-state index is 13.1. The number of likely N-dealkylation sites (tertiary alicyclic amines) is 1. The lowest BCUT2D eigenvalue weighted by molar-refractivity contribution is -0.131. The van der Waals surface area contributed by atoms with E-state index in [1.54, 1.807) is 17.0 Å². The molecule has 4 rings (SSSR count). The first kappa shape index (κ1) is 22.2. The molecule has 0 bridgehead atoms. The van der Waals surface area contributed by atoms with Crippen LogP contribution in [0.2, 0.25) is 0 Å². The zero-order valence-electron chi connectivity index (χ0n) is 18.1. The lowest BCUT2D eigenvalue weighted by atomic mass is 9.93. The van der Waals surface area contributed by atoms with E-state index in [9.17, 15) is 18.0 Å². The van der Waals surface area contributed by atoms with Crippen molar-refractivity contribution in [3.05, 3.63) is 53.6 Å². The van der Waals surface area contributed by atoms with Crippen LogP contribution in [-0.4, -0.2) is 44.3 Å². The van der Waals surface area contributed by atoms with Crippen molar-refractivity contribution in [1.29, 1.82) is 0 Å². The van der Waals surface area contributed by atoms with Gasteiger partial charge in [0.05, 0.1) is 10.6 Å². The van der Waals surface area contributed by atoms with Gasteiger partial charge in [-0.05, 0) is 55.2 Å². The number of anilines is 1. The molecule has 0 aliphatic carbocycles. The summed E-state index contributed by atoms with van der Waals surface area (Å²) in [7, 11) is -3.90. The molecule has 0 spiro atoms. The highest BCUT2D eigenvalue weighted by atomic mass is 32.2. The molecule has 2 aliphatic heterocycles. The Labute approximate surface area is 188 Å². The van der Waals surface area contributed by atoms with Gasteiger partial charge >= 0.3 is 0 Å². The number of carbonyl (C=O) groups excluding carboxylic acids is 2. The van der Waals surface area contributed by atoms with E-state index in [2.05, 4.69) is 9.71 Å². The van der Waals surface area contributed by atoms with E-state index < -0.39 is 21.7 Å². The number of fused-ring (bicyclic) bond motifs is 1. The number of benzene rings is 2. The van der Waals surface area contributed by atoms with Gasteiger partial charge in [0.1, 0.15) is 5.92 Å². The number of hydrogen-bond donors (Lipinski definition) is 1. The van der Waals surface area contributed by atoms with Crippen LogP contribution in [0.15, 0.2) is 52.4 Å². The molecule has 32 heavy (non-hydrogen) atoms. The molecule has 0 saturated carbocycles. The average Bonchev–Trinajstić information content (AvgIpc) is 3.09. The fraction of sp³-hybridized carbons (Fsp3) is 0.375. The summed E-state index contributed by atoms with van der Waals surface area (Å²) in [6, 6.07) is 11.4.